The third kappa shape index (κ3) is 3.82. The van der Waals surface area contributed by atoms with E-state index in [-0.39, 0.29) is 11.7 Å². The van der Waals surface area contributed by atoms with Crippen molar-refractivity contribution in [3.05, 3.63) is 31.8 Å². The first-order valence-electron chi connectivity index (χ1n) is 5.59. The minimum Gasteiger partial charge on any atom is -0.409 e. The number of carbonyl (C=O) groups is 1. The molecule has 0 aliphatic heterocycles. The molecular formula is C12H15BrIN3O2. The maximum absolute atomic E-state index is 12.3. The summed E-state index contributed by atoms with van der Waals surface area (Å²) >= 11 is 5.47. The molecule has 19 heavy (non-hydrogen) atoms. The number of nitrogens with one attached hydrogen (secondary N) is 1. The summed E-state index contributed by atoms with van der Waals surface area (Å²) in [6.45, 7) is 3.56. The topological polar surface area (TPSA) is 87.7 Å². The zero-order valence-electron chi connectivity index (χ0n) is 10.6. The Labute approximate surface area is 133 Å². The summed E-state index contributed by atoms with van der Waals surface area (Å²) in [6.07, 6.45) is 0.510. The Bertz CT molecular complexity index is 522. The minimum atomic E-state index is -0.882. The Balaban J connectivity index is 3.05. The predicted molar refractivity (Wildman–Crippen MR) is 86.4 cm³/mol. The van der Waals surface area contributed by atoms with Gasteiger partial charge in [-0.2, -0.15) is 0 Å². The van der Waals surface area contributed by atoms with Gasteiger partial charge >= 0.3 is 0 Å². The summed E-state index contributed by atoms with van der Waals surface area (Å²) < 4.78 is 1.65. The van der Waals surface area contributed by atoms with Gasteiger partial charge < -0.3 is 16.3 Å². The van der Waals surface area contributed by atoms with Gasteiger partial charge in [-0.05, 0) is 70.1 Å². The number of amidine groups is 1. The zero-order chi connectivity index (χ0) is 14.6. The van der Waals surface area contributed by atoms with Gasteiger partial charge in [0.1, 0.15) is 0 Å². The minimum absolute atomic E-state index is 0.0231. The second kappa shape index (κ2) is 6.56. The van der Waals surface area contributed by atoms with Gasteiger partial charge in [-0.15, -0.1) is 0 Å². The third-order valence-electron chi connectivity index (χ3n) is 2.94. The molecule has 1 rings (SSSR count). The van der Waals surface area contributed by atoms with Crippen LogP contribution in [0.4, 0.5) is 0 Å². The molecule has 5 nitrogen and oxygen atoms in total. The Morgan fingerprint density at radius 2 is 2.26 bits per heavy atom. The van der Waals surface area contributed by atoms with Gasteiger partial charge in [0.25, 0.3) is 5.91 Å². The maximum atomic E-state index is 12.3. The number of rotatable bonds is 4. The fourth-order valence-corrected chi connectivity index (χ4v) is 2.35. The fraction of sp³-hybridized carbons (Fsp3) is 0.333. The SMILES string of the molecule is CCC(C)(NC(=O)c1cc(I)ccc1Br)/C(N)=N/O. The summed E-state index contributed by atoms with van der Waals surface area (Å²) in [4.78, 5) is 12.3. The molecule has 0 bridgehead atoms. The van der Waals surface area contributed by atoms with Gasteiger partial charge in [0.2, 0.25) is 0 Å². The van der Waals surface area contributed by atoms with Crippen LogP contribution in [0.5, 0.6) is 0 Å². The average molecular weight is 440 g/mol. The monoisotopic (exact) mass is 439 g/mol. The average Bonchev–Trinajstić information content (AvgIpc) is 2.40. The van der Waals surface area contributed by atoms with E-state index in [2.05, 4.69) is 49.0 Å². The number of nitrogens with two attached hydrogens (primary N) is 1. The van der Waals surface area contributed by atoms with Crippen molar-refractivity contribution in [3.8, 4) is 0 Å². The lowest BCUT2D eigenvalue weighted by atomic mass is 9.97. The molecule has 0 aromatic heterocycles. The van der Waals surface area contributed by atoms with Crippen molar-refractivity contribution in [2.75, 3.05) is 0 Å². The van der Waals surface area contributed by atoms with Crippen molar-refractivity contribution < 1.29 is 10.0 Å². The van der Waals surface area contributed by atoms with E-state index >= 15 is 0 Å². The quantitative estimate of drug-likeness (QED) is 0.221. The highest BCUT2D eigenvalue weighted by molar-refractivity contribution is 14.1. The summed E-state index contributed by atoms with van der Waals surface area (Å²) in [7, 11) is 0. The first kappa shape index (κ1) is 16.2. The first-order valence-corrected chi connectivity index (χ1v) is 7.46. The van der Waals surface area contributed by atoms with Gasteiger partial charge in [-0.25, -0.2) is 0 Å². The fourth-order valence-electron chi connectivity index (χ4n) is 1.43. The van der Waals surface area contributed by atoms with Crippen LogP contribution in [-0.2, 0) is 0 Å². The van der Waals surface area contributed by atoms with Crippen LogP contribution in [0.25, 0.3) is 0 Å². The molecule has 1 aromatic carbocycles. The summed E-state index contributed by atoms with van der Waals surface area (Å²) in [5.74, 6) is -0.300. The molecule has 0 spiro atoms. The Hall–Kier alpha value is -0.830. The molecule has 1 aromatic rings. The lowest BCUT2D eigenvalue weighted by molar-refractivity contribution is 0.0924. The highest BCUT2D eigenvalue weighted by Crippen LogP contribution is 2.21. The standard InChI is InChI=1S/C12H15BrIN3O2/c1-3-12(2,11(15)17-19)16-10(18)8-6-7(14)4-5-9(8)13/h4-6,19H,3H2,1-2H3,(H2,15,17)(H,16,18). The van der Waals surface area contributed by atoms with Crippen molar-refractivity contribution in [2.24, 2.45) is 10.9 Å². The highest BCUT2D eigenvalue weighted by Gasteiger charge is 2.30. The molecule has 0 fully saturated rings. The molecule has 0 aliphatic rings. The van der Waals surface area contributed by atoms with Crippen molar-refractivity contribution in [2.45, 2.75) is 25.8 Å². The van der Waals surface area contributed by atoms with Crippen molar-refractivity contribution >= 4 is 50.3 Å². The van der Waals surface area contributed by atoms with E-state index in [1.807, 2.05) is 19.1 Å². The van der Waals surface area contributed by atoms with Gasteiger partial charge in [-0.3, -0.25) is 4.79 Å². The van der Waals surface area contributed by atoms with E-state index in [0.717, 1.165) is 3.57 Å². The van der Waals surface area contributed by atoms with Crippen LogP contribution in [0.1, 0.15) is 30.6 Å². The molecule has 104 valence electrons. The van der Waals surface area contributed by atoms with E-state index in [0.29, 0.717) is 16.5 Å². The van der Waals surface area contributed by atoms with Crippen LogP contribution >= 0.6 is 38.5 Å². The van der Waals surface area contributed by atoms with Crippen LogP contribution < -0.4 is 11.1 Å². The largest absolute Gasteiger partial charge is 0.409 e. The van der Waals surface area contributed by atoms with Gasteiger partial charge in [0.05, 0.1) is 11.1 Å². The molecular weight excluding hydrogens is 425 g/mol. The number of amides is 1. The highest BCUT2D eigenvalue weighted by atomic mass is 127. The van der Waals surface area contributed by atoms with Crippen LogP contribution in [0.3, 0.4) is 0 Å². The first-order chi connectivity index (χ1) is 8.84. The zero-order valence-corrected chi connectivity index (χ0v) is 14.3. The lowest BCUT2D eigenvalue weighted by Gasteiger charge is -2.28. The van der Waals surface area contributed by atoms with Gasteiger partial charge in [-0.1, -0.05) is 12.1 Å². The smallest absolute Gasteiger partial charge is 0.253 e. The van der Waals surface area contributed by atoms with Crippen molar-refractivity contribution in [1.29, 1.82) is 0 Å². The number of hydrogen-bond donors (Lipinski definition) is 3. The lowest BCUT2D eigenvalue weighted by Crippen LogP contribution is -2.55. The van der Waals surface area contributed by atoms with E-state index < -0.39 is 5.54 Å². The molecule has 1 unspecified atom stereocenters. The summed E-state index contributed by atoms with van der Waals surface area (Å²) in [5.41, 5.74) is 5.26. The van der Waals surface area contributed by atoms with Gasteiger partial charge in [0, 0.05) is 8.04 Å². The number of nitrogens with zero attached hydrogens (tertiary/aromatic N) is 1. The number of halogens is 2. The van der Waals surface area contributed by atoms with Gasteiger partial charge in [0.15, 0.2) is 5.84 Å². The summed E-state index contributed by atoms with van der Waals surface area (Å²) in [5, 5.41) is 14.6. The van der Waals surface area contributed by atoms with Crippen LogP contribution in [0, 0.1) is 3.57 Å². The second-order valence-electron chi connectivity index (χ2n) is 4.25. The molecule has 7 heteroatoms. The molecule has 0 heterocycles. The molecule has 0 saturated carbocycles. The van der Waals surface area contributed by atoms with Crippen LogP contribution in [-0.4, -0.2) is 22.5 Å². The van der Waals surface area contributed by atoms with Crippen molar-refractivity contribution in [1.82, 2.24) is 5.32 Å². The maximum Gasteiger partial charge on any atom is 0.253 e. The normalized spacial score (nSPS) is 14.8. The number of hydrogen-bond acceptors (Lipinski definition) is 3. The molecule has 0 radical (unpaired) electrons. The number of carbonyl (C=O) groups excluding carboxylic acids is 1. The molecule has 0 aliphatic carbocycles. The van der Waals surface area contributed by atoms with E-state index in [4.69, 9.17) is 10.9 Å². The molecule has 0 saturated heterocycles. The number of oxime groups is 1. The van der Waals surface area contributed by atoms with E-state index in [1.165, 1.54) is 0 Å². The van der Waals surface area contributed by atoms with Crippen LogP contribution in [0.15, 0.2) is 27.8 Å². The molecule has 1 amide bonds. The Kier molecular flexibility index (Phi) is 5.60. The third-order valence-corrected chi connectivity index (χ3v) is 4.31. The summed E-state index contributed by atoms with van der Waals surface area (Å²) in [6, 6.07) is 5.47. The second-order valence-corrected chi connectivity index (χ2v) is 6.35. The van der Waals surface area contributed by atoms with E-state index in [1.54, 1.807) is 13.0 Å². The van der Waals surface area contributed by atoms with E-state index in [9.17, 15) is 4.79 Å². The Morgan fingerprint density at radius 1 is 1.63 bits per heavy atom. The molecule has 1 atom stereocenters. The van der Waals surface area contributed by atoms with Crippen molar-refractivity contribution in [3.63, 3.8) is 0 Å². The molecule has 4 N–H and O–H groups in total. The Morgan fingerprint density at radius 3 is 2.79 bits per heavy atom. The van der Waals surface area contributed by atoms with Crippen LogP contribution in [0.2, 0.25) is 0 Å². The predicted octanol–water partition coefficient (Wildman–Crippen LogP) is 2.70. The number of benzene rings is 1.